The molecule has 2 N–H and O–H groups in total. The van der Waals surface area contributed by atoms with E-state index < -0.39 is 0 Å². The highest BCUT2D eigenvalue weighted by Crippen LogP contribution is 2.32. The van der Waals surface area contributed by atoms with E-state index in [2.05, 4.69) is 6.07 Å². The maximum absolute atomic E-state index is 13.1. The lowest BCUT2D eigenvalue weighted by Gasteiger charge is -2.41. The molecule has 1 fully saturated rings. The van der Waals surface area contributed by atoms with Crippen LogP contribution < -0.4 is 15.4 Å². The number of hydrogen-bond acceptors (Lipinski definition) is 4. The van der Waals surface area contributed by atoms with Gasteiger partial charge in [-0.2, -0.15) is 0 Å². The molecule has 7 nitrogen and oxygen atoms in total. The lowest BCUT2D eigenvalue weighted by molar-refractivity contribution is -0.120. The maximum Gasteiger partial charge on any atom is 0.253 e. The van der Waals surface area contributed by atoms with E-state index in [0.717, 1.165) is 62.8 Å². The molecular formula is C29H37N3O4. The summed E-state index contributed by atoms with van der Waals surface area (Å²) in [6, 6.07) is 15.7. The van der Waals surface area contributed by atoms with Crippen molar-refractivity contribution in [3.63, 3.8) is 0 Å². The predicted molar refractivity (Wildman–Crippen MR) is 140 cm³/mol. The molecule has 0 unspecified atom stereocenters. The molecule has 0 aliphatic carbocycles. The van der Waals surface area contributed by atoms with Gasteiger partial charge in [-0.05, 0) is 68.0 Å². The Morgan fingerprint density at radius 3 is 2.33 bits per heavy atom. The fourth-order valence-corrected chi connectivity index (χ4v) is 5.18. The average molecular weight is 492 g/mol. The molecule has 0 radical (unpaired) electrons. The molecule has 36 heavy (non-hydrogen) atoms. The fourth-order valence-electron chi connectivity index (χ4n) is 5.18. The number of para-hydroxylation sites is 1. The number of amides is 3. The lowest BCUT2D eigenvalue weighted by Crippen LogP contribution is -2.50. The number of benzene rings is 2. The van der Waals surface area contributed by atoms with Gasteiger partial charge in [-0.25, -0.2) is 0 Å². The molecular weight excluding hydrogens is 454 g/mol. The van der Waals surface area contributed by atoms with Crippen LogP contribution in [0.2, 0.25) is 0 Å². The van der Waals surface area contributed by atoms with Gasteiger partial charge in [0, 0.05) is 43.2 Å². The Morgan fingerprint density at radius 2 is 1.58 bits per heavy atom. The smallest absolute Gasteiger partial charge is 0.253 e. The van der Waals surface area contributed by atoms with Gasteiger partial charge in [0.1, 0.15) is 5.75 Å². The zero-order valence-electron chi connectivity index (χ0n) is 21.0. The number of carbonyl (C=O) groups is 3. The molecule has 2 aromatic carbocycles. The third kappa shape index (κ3) is 6.65. The number of ether oxygens (including phenoxy) is 1. The van der Waals surface area contributed by atoms with Gasteiger partial charge in [-0.1, -0.05) is 37.5 Å². The summed E-state index contributed by atoms with van der Waals surface area (Å²) >= 11 is 0. The average Bonchev–Trinajstić information content (AvgIpc) is 2.90. The summed E-state index contributed by atoms with van der Waals surface area (Å²) in [7, 11) is 0. The minimum atomic E-state index is -0.232. The third-order valence-corrected chi connectivity index (χ3v) is 7.18. The Balaban J connectivity index is 1.20. The number of primary amides is 1. The fraction of sp³-hybridized carbons (Fsp3) is 0.483. The summed E-state index contributed by atoms with van der Waals surface area (Å²) in [5, 5.41) is 0. The molecule has 0 aromatic heterocycles. The Labute approximate surface area is 213 Å². The van der Waals surface area contributed by atoms with Gasteiger partial charge < -0.3 is 20.3 Å². The largest absolute Gasteiger partial charge is 0.494 e. The van der Waals surface area contributed by atoms with Crippen LogP contribution in [0.4, 0.5) is 5.69 Å². The van der Waals surface area contributed by atoms with Crippen molar-refractivity contribution in [2.45, 2.75) is 70.3 Å². The van der Waals surface area contributed by atoms with Crippen molar-refractivity contribution in [3.05, 3.63) is 59.7 Å². The van der Waals surface area contributed by atoms with Gasteiger partial charge in [0.2, 0.25) is 11.8 Å². The number of hydrogen-bond donors (Lipinski definition) is 1. The Morgan fingerprint density at radius 1 is 0.889 bits per heavy atom. The van der Waals surface area contributed by atoms with Crippen molar-refractivity contribution in [3.8, 4) is 5.75 Å². The van der Waals surface area contributed by atoms with Crippen LogP contribution in [-0.4, -0.2) is 48.4 Å². The second kappa shape index (κ2) is 12.6. The number of fused-ring (bicyclic) bond motifs is 1. The first-order valence-corrected chi connectivity index (χ1v) is 13.2. The van der Waals surface area contributed by atoms with Crippen LogP contribution in [0, 0.1) is 0 Å². The molecule has 4 rings (SSSR count). The number of aryl methyl sites for hydroxylation is 1. The second-order valence-electron chi connectivity index (χ2n) is 9.77. The van der Waals surface area contributed by atoms with Crippen LogP contribution in [-0.2, 0) is 16.0 Å². The van der Waals surface area contributed by atoms with E-state index in [0.29, 0.717) is 38.1 Å². The molecule has 0 saturated carbocycles. The van der Waals surface area contributed by atoms with E-state index in [1.807, 2.05) is 52.3 Å². The van der Waals surface area contributed by atoms with E-state index in [1.54, 1.807) is 0 Å². The van der Waals surface area contributed by atoms with Gasteiger partial charge in [-0.3, -0.25) is 14.4 Å². The third-order valence-electron chi connectivity index (χ3n) is 7.18. The van der Waals surface area contributed by atoms with Crippen LogP contribution in [0.5, 0.6) is 5.75 Å². The SMILES string of the molecule is NC(=O)CCCCCCCOc1ccc(C(=O)N2CCC(N3C(=O)CCc4ccccc43)CC2)cc1. The van der Waals surface area contributed by atoms with Crippen LogP contribution in [0.15, 0.2) is 48.5 Å². The second-order valence-corrected chi connectivity index (χ2v) is 9.77. The van der Waals surface area contributed by atoms with Crippen molar-refractivity contribution in [1.82, 2.24) is 4.90 Å². The summed E-state index contributed by atoms with van der Waals surface area (Å²) in [5.41, 5.74) is 8.08. The summed E-state index contributed by atoms with van der Waals surface area (Å²) in [4.78, 5) is 40.4. The highest BCUT2D eigenvalue weighted by atomic mass is 16.5. The van der Waals surface area contributed by atoms with Crippen LogP contribution in [0.3, 0.4) is 0 Å². The van der Waals surface area contributed by atoms with Gasteiger partial charge >= 0.3 is 0 Å². The van der Waals surface area contributed by atoms with Gasteiger partial charge in [0.25, 0.3) is 5.91 Å². The number of piperidine rings is 1. The monoisotopic (exact) mass is 491 g/mol. The first kappa shape index (κ1) is 25.7. The molecule has 1 saturated heterocycles. The van der Waals surface area contributed by atoms with Crippen LogP contribution >= 0.6 is 0 Å². The van der Waals surface area contributed by atoms with E-state index in [-0.39, 0.29) is 23.8 Å². The molecule has 0 spiro atoms. The molecule has 0 bridgehead atoms. The number of likely N-dealkylation sites (tertiary alicyclic amines) is 1. The zero-order valence-corrected chi connectivity index (χ0v) is 21.0. The minimum absolute atomic E-state index is 0.0290. The zero-order chi connectivity index (χ0) is 25.3. The van der Waals surface area contributed by atoms with Crippen molar-refractivity contribution in [2.24, 2.45) is 5.73 Å². The molecule has 192 valence electrons. The number of nitrogens with zero attached hydrogens (tertiary/aromatic N) is 2. The van der Waals surface area contributed by atoms with Crippen molar-refractivity contribution >= 4 is 23.4 Å². The predicted octanol–water partition coefficient (Wildman–Crippen LogP) is 4.48. The first-order valence-electron chi connectivity index (χ1n) is 13.2. The number of anilines is 1. The first-order chi connectivity index (χ1) is 17.5. The molecule has 0 atom stereocenters. The summed E-state index contributed by atoms with van der Waals surface area (Å²) in [5.74, 6) is 0.754. The molecule has 3 amide bonds. The number of unbranched alkanes of at least 4 members (excludes halogenated alkanes) is 4. The summed E-state index contributed by atoms with van der Waals surface area (Å²) in [6.07, 6.45) is 8.35. The molecule has 2 aliphatic heterocycles. The van der Waals surface area contributed by atoms with Crippen LogP contribution in [0.1, 0.15) is 73.7 Å². The normalized spacial score (nSPS) is 16.1. The highest BCUT2D eigenvalue weighted by molar-refractivity contribution is 5.97. The lowest BCUT2D eigenvalue weighted by atomic mass is 9.95. The van der Waals surface area contributed by atoms with Crippen LogP contribution in [0.25, 0.3) is 0 Å². The van der Waals surface area contributed by atoms with Gasteiger partial charge in [0.05, 0.1) is 6.61 Å². The molecule has 2 heterocycles. The van der Waals surface area contributed by atoms with Gasteiger partial charge in [0.15, 0.2) is 0 Å². The number of carbonyl (C=O) groups excluding carboxylic acids is 3. The molecule has 7 heteroatoms. The Bertz CT molecular complexity index is 1040. The summed E-state index contributed by atoms with van der Waals surface area (Å²) < 4.78 is 5.81. The van der Waals surface area contributed by atoms with E-state index >= 15 is 0 Å². The van der Waals surface area contributed by atoms with E-state index in [1.165, 1.54) is 5.56 Å². The van der Waals surface area contributed by atoms with Gasteiger partial charge in [-0.15, -0.1) is 0 Å². The van der Waals surface area contributed by atoms with Crippen molar-refractivity contribution < 1.29 is 19.1 Å². The summed E-state index contributed by atoms with van der Waals surface area (Å²) in [6.45, 7) is 1.93. The number of rotatable bonds is 11. The quantitative estimate of drug-likeness (QED) is 0.469. The topological polar surface area (TPSA) is 92.9 Å². The van der Waals surface area contributed by atoms with E-state index in [4.69, 9.17) is 10.5 Å². The maximum atomic E-state index is 13.1. The Hall–Kier alpha value is -3.35. The number of nitrogens with two attached hydrogens (primary N) is 1. The van der Waals surface area contributed by atoms with E-state index in [9.17, 15) is 14.4 Å². The van der Waals surface area contributed by atoms with Crippen molar-refractivity contribution in [2.75, 3.05) is 24.6 Å². The minimum Gasteiger partial charge on any atom is -0.494 e. The Kier molecular flexibility index (Phi) is 8.98. The molecule has 2 aromatic rings. The standard InChI is InChI=1S/C29H37N3O4/c30-27(33)10-4-2-1-3-7-21-36-25-14-11-23(12-15-25)29(35)31-19-17-24(18-20-31)32-26-9-6-5-8-22(26)13-16-28(32)34/h5-6,8-9,11-12,14-15,24H,1-4,7,10,13,16-21H2,(H2,30,33). The highest BCUT2D eigenvalue weighted by Gasteiger charge is 2.33. The van der Waals surface area contributed by atoms with Crippen molar-refractivity contribution in [1.29, 1.82) is 0 Å². The molecule has 2 aliphatic rings.